The molecule has 0 aliphatic heterocycles. The van der Waals surface area contributed by atoms with Gasteiger partial charge in [0.05, 0.1) is 35.2 Å². The van der Waals surface area contributed by atoms with Gasteiger partial charge in [-0.25, -0.2) is 0 Å². The Morgan fingerprint density at radius 1 is 1.21 bits per heavy atom. The van der Waals surface area contributed by atoms with Gasteiger partial charge in [0.2, 0.25) is 0 Å². The van der Waals surface area contributed by atoms with Gasteiger partial charge in [0, 0.05) is 10.7 Å². The van der Waals surface area contributed by atoms with Crippen molar-refractivity contribution in [2.45, 2.75) is 20.4 Å². The third kappa shape index (κ3) is 4.84. The monoisotopic (exact) mass is 478 g/mol. The number of ether oxygens (including phenoxy) is 1. The van der Waals surface area contributed by atoms with Crippen LogP contribution in [0.5, 0.6) is 5.75 Å². The van der Waals surface area contributed by atoms with E-state index < -0.39 is 0 Å². The molecule has 0 saturated heterocycles. The van der Waals surface area contributed by atoms with Crippen molar-refractivity contribution in [1.29, 1.82) is 0 Å². The Balaban J connectivity index is 1.71. The molecule has 146 valence electrons. The van der Waals surface area contributed by atoms with Crippen molar-refractivity contribution in [3.63, 3.8) is 0 Å². The maximum atomic E-state index is 6.07. The first-order valence-corrected chi connectivity index (χ1v) is 10.2. The molecular formula is C20H20BrClN4OS. The first kappa shape index (κ1) is 20.6. The molecule has 0 bridgehead atoms. The minimum atomic E-state index is 0.451. The maximum Gasteiger partial charge on any atom is 0.175 e. The van der Waals surface area contributed by atoms with Crippen molar-refractivity contribution < 1.29 is 4.74 Å². The fourth-order valence-corrected chi connectivity index (χ4v) is 3.50. The Labute approximate surface area is 183 Å². The number of aryl methyl sites for hydroxylation is 1. The van der Waals surface area contributed by atoms with E-state index in [1.165, 1.54) is 0 Å². The van der Waals surface area contributed by atoms with E-state index in [0.717, 1.165) is 27.1 Å². The predicted molar refractivity (Wildman–Crippen MR) is 123 cm³/mol. The lowest BCUT2D eigenvalue weighted by Gasteiger charge is -2.14. The smallest absolute Gasteiger partial charge is 0.175 e. The van der Waals surface area contributed by atoms with Crippen LogP contribution in [0.4, 0.5) is 11.4 Å². The lowest BCUT2D eigenvalue weighted by Crippen LogP contribution is -2.19. The Hall–Kier alpha value is -2.09. The summed E-state index contributed by atoms with van der Waals surface area (Å²) < 4.78 is 8.36. The summed E-state index contributed by atoms with van der Waals surface area (Å²) in [6.07, 6.45) is 0. The molecule has 0 unspecified atom stereocenters. The molecule has 0 aliphatic carbocycles. The third-order valence-corrected chi connectivity index (χ3v) is 5.81. The van der Waals surface area contributed by atoms with E-state index >= 15 is 0 Å². The average molecular weight is 480 g/mol. The Kier molecular flexibility index (Phi) is 6.59. The van der Waals surface area contributed by atoms with Gasteiger partial charge >= 0.3 is 0 Å². The van der Waals surface area contributed by atoms with Crippen molar-refractivity contribution >= 4 is 56.2 Å². The van der Waals surface area contributed by atoms with Crippen molar-refractivity contribution in [1.82, 2.24) is 9.78 Å². The minimum absolute atomic E-state index is 0.451. The normalized spacial score (nSPS) is 10.6. The van der Waals surface area contributed by atoms with E-state index in [4.69, 9.17) is 28.6 Å². The number of aromatic nitrogens is 2. The number of hydrogen-bond donors (Lipinski definition) is 2. The first-order valence-electron chi connectivity index (χ1n) is 8.57. The van der Waals surface area contributed by atoms with E-state index in [9.17, 15) is 0 Å². The number of rotatable bonds is 5. The molecule has 1 heterocycles. The lowest BCUT2D eigenvalue weighted by molar-refractivity contribution is 0.417. The summed E-state index contributed by atoms with van der Waals surface area (Å²) in [7, 11) is 1.60. The highest BCUT2D eigenvalue weighted by molar-refractivity contribution is 9.10. The number of hydrogen-bond acceptors (Lipinski definition) is 3. The summed E-state index contributed by atoms with van der Waals surface area (Å²) in [4.78, 5) is 0. The molecule has 3 rings (SSSR count). The first-order chi connectivity index (χ1) is 13.4. The lowest BCUT2D eigenvalue weighted by atomic mass is 10.2. The van der Waals surface area contributed by atoms with Crippen molar-refractivity contribution in [3.05, 3.63) is 68.9 Å². The van der Waals surface area contributed by atoms with E-state index in [1.807, 2.05) is 36.7 Å². The van der Waals surface area contributed by atoms with Gasteiger partial charge in [-0.1, -0.05) is 23.7 Å². The Bertz CT molecular complexity index is 1020. The molecule has 0 atom stereocenters. The Morgan fingerprint density at radius 2 is 2.00 bits per heavy atom. The van der Waals surface area contributed by atoms with Crippen LogP contribution in [0.15, 0.2) is 46.9 Å². The van der Waals surface area contributed by atoms with Gasteiger partial charge in [-0.2, -0.15) is 5.10 Å². The van der Waals surface area contributed by atoms with Gasteiger partial charge in [0.1, 0.15) is 5.75 Å². The van der Waals surface area contributed by atoms with Crippen molar-refractivity contribution in [2.24, 2.45) is 0 Å². The van der Waals surface area contributed by atoms with Crippen LogP contribution in [0.2, 0.25) is 5.02 Å². The summed E-state index contributed by atoms with van der Waals surface area (Å²) in [5, 5.41) is 11.9. The number of anilines is 2. The van der Waals surface area contributed by atoms with E-state index in [-0.39, 0.29) is 0 Å². The van der Waals surface area contributed by atoms with Crippen LogP contribution >= 0.6 is 39.7 Å². The molecule has 0 spiro atoms. The zero-order chi connectivity index (χ0) is 20.3. The van der Waals surface area contributed by atoms with Crippen molar-refractivity contribution in [2.75, 3.05) is 17.7 Å². The number of nitrogens with zero attached hydrogens (tertiary/aromatic N) is 2. The second kappa shape index (κ2) is 8.94. The topological polar surface area (TPSA) is 51.1 Å². The van der Waals surface area contributed by atoms with Gasteiger partial charge in [0.25, 0.3) is 0 Å². The van der Waals surface area contributed by atoms with Gasteiger partial charge in [-0.05, 0) is 77.9 Å². The molecule has 0 radical (unpaired) electrons. The quantitative estimate of drug-likeness (QED) is 0.454. The van der Waals surface area contributed by atoms with E-state index in [2.05, 4.69) is 37.7 Å². The number of benzene rings is 2. The molecule has 8 heteroatoms. The summed E-state index contributed by atoms with van der Waals surface area (Å²) in [6.45, 7) is 4.71. The molecule has 0 saturated carbocycles. The number of nitrogens with one attached hydrogen (secondary N) is 2. The molecule has 3 aromatic rings. The number of halogens is 2. The number of methoxy groups -OCH3 is 1. The summed E-state index contributed by atoms with van der Waals surface area (Å²) >= 11 is 15.1. The fourth-order valence-electron chi connectivity index (χ4n) is 2.81. The average Bonchev–Trinajstić information content (AvgIpc) is 2.89. The highest BCUT2D eigenvalue weighted by Gasteiger charge is 2.10. The van der Waals surface area contributed by atoms with Crippen LogP contribution in [-0.4, -0.2) is 22.0 Å². The zero-order valence-electron chi connectivity index (χ0n) is 15.7. The van der Waals surface area contributed by atoms with Crippen molar-refractivity contribution in [3.8, 4) is 5.75 Å². The highest BCUT2D eigenvalue weighted by Crippen LogP contribution is 2.28. The standard InChI is InChI=1S/C20H20BrClN4OS/c1-12-19(21)13(2)26(25-12)11-14-5-4-6-16(9-14)23-20(28)24-17-10-15(22)7-8-18(17)27-3/h4-10H,11H2,1-3H3,(H2,23,24,28). The highest BCUT2D eigenvalue weighted by atomic mass is 79.9. The van der Waals surface area contributed by atoms with Gasteiger partial charge in [0.15, 0.2) is 5.11 Å². The van der Waals surface area contributed by atoms with Crippen LogP contribution in [-0.2, 0) is 6.54 Å². The van der Waals surface area contributed by atoms with Crippen LogP contribution in [0.1, 0.15) is 17.0 Å². The fraction of sp³-hybridized carbons (Fsp3) is 0.200. The summed E-state index contributed by atoms with van der Waals surface area (Å²) in [5.74, 6) is 0.664. The molecule has 0 fully saturated rings. The maximum absolute atomic E-state index is 6.07. The Morgan fingerprint density at radius 3 is 2.68 bits per heavy atom. The third-order valence-electron chi connectivity index (χ3n) is 4.22. The van der Waals surface area contributed by atoms with Crippen LogP contribution in [0, 0.1) is 13.8 Å². The summed E-state index contributed by atoms with van der Waals surface area (Å²) in [5.41, 5.74) is 4.78. The zero-order valence-corrected chi connectivity index (χ0v) is 18.9. The van der Waals surface area contributed by atoms with Crippen LogP contribution in [0.3, 0.4) is 0 Å². The second-order valence-electron chi connectivity index (χ2n) is 6.27. The molecular weight excluding hydrogens is 460 g/mol. The molecule has 1 aromatic heterocycles. The van der Waals surface area contributed by atoms with Gasteiger partial charge in [-0.3, -0.25) is 4.68 Å². The van der Waals surface area contributed by atoms with Crippen LogP contribution < -0.4 is 15.4 Å². The molecule has 2 N–H and O–H groups in total. The molecule has 28 heavy (non-hydrogen) atoms. The predicted octanol–water partition coefficient (Wildman–Crippen LogP) is 5.78. The molecule has 0 amide bonds. The molecule has 0 aliphatic rings. The van der Waals surface area contributed by atoms with E-state index in [1.54, 1.807) is 25.3 Å². The summed E-state index contributed by atoms with van der Waals surface area (Å²) in [6, 6.07) is 13.4. The second-order valence-corrected chi connectivity index (χ2v) is 7.90. The minimum Gasteiger partial charge on any atom is -0.495 e. The largest absolute Gasteiger partial charge is 0.495 e. The number of thiocarbonyl (C=S) groups is 1. The van der Waals surface area contributed by atoms with E-state index in [0.29, 0.717) is 28.1 Å². The van der Waals surface area contributed by atoms with Crippen LogP contribution in [0.25, 0.3) is 0 Å². The van der Waals surface area contributed by atoms with Gasteiger partial charge < -0.3 is 15.4 Å². The SMILES string of the molecule is COc1ccc(Cl)cc1NC(=S)Nc1cccc(Cn2nc(C)c(Br)c2C)c1. The molecule has 2 aromatic carbocycles. The van der Waals surface area contributed by atoms with Gasteiger partial charge in [-0.15, -0.1) is 0 Å². The molecule has 5 nitrogen and oxygen atoms in total.